The Labute approximate surface area is 100 Å². The second-order valence-corrected chi connectivity index (χ2v) is 2.35. The van der Waals surface area contributed by atoms with Gasteiger partial charge in [-0.1, -0.05) is 6.32 Å². The monoisotopic (exact) mass is 178 g/mol. The zero-order valence-electron chi connectivity index (χ0n) is 5.82. The number of rotatable bonds is 2. The van der Waals surface area contributed by atoms with Crippen LogP contribution in [-0.2, 0) is 4.74 Å². The van der Waals surface area contributed by atoms with E-state index in [1.807, 2.05) is 0 Å². The summed E-state index contributed by atoms with van der Waals surface area (Å²) >= 11 is 0. The van der Waals surface area contributed by atoms with Crippen molar-refractivity contribution in [1.82, 2.24) is 0 Å². The van der Waals surface area contributed by atoms with Crippen LogP contribution in [0.2, 0.25) is 6.32 Å². The third kappa shape index (κ3) is 4.35. The molecule has 0 atom stereocenters. The summed E-state index contributed by atoms with van der Waals surface area (Å²) < 4.78 is 39.2. The summed E-state index contributed by atoms with van der Waals surface area (Å²) in [5.41, 5.74) is 0. The van der Waals surface area contributed by atoms with Crippen molar-refractivity contribution in [3.05, 3.63) is 0 Å². The molecular formula is C4H7BF3KO. The average Bonchev–Trinajstić information content (AvgIpc) is 1.53. The Bertz CT molecular complexity index is 103. The van der Waals surface area contributed by atoms with E-state index in [2.05, 4.69) is 4.74 Å². The molecule has 0 aromatic heterocycles. The van der Waals surface area contributed by atoms with E-state index in [0.29, 0.717) is 13.2 Å². The van der Waals surface area contributed by atoms with Crippen LogP contribution in [0.3, 0.4) is 0 Å². The maximum absolute atomic E-state index is 11.5. The van der Waals surface area contributed by atoms with Crippen LogP contribution >= 0.6 is 0 Å². The van der Waals surface area contributed by atoms with Gasteiger partial charge in [-0.05, 0) is 5.92 Å². The normalized spacial score (nSPS) is 19.5. The molecule has 1 aliphatic heterocycles. The molecule has 0 N–H and O–H groups in total. The number of hydrogen-bond donors (Lipinski definition) is 0. The van der Waals surface area contributed by atoms with Crippen LogP contribution in [-0.4, -0.2) is 20.2 Å². The second kappa shape index (κ2) is 4.47. The molecule has 0 spiro atoms. The van der Waals surface area contributed by atoms with Gasteiger partial charge in [-0.25, -0.2) is 0 Å². The summed E-state index contributed by atoms with van der Waals surface area (Å²) in [6, 6.07) is 0. The van der Waals surface area contributed by atoms with Crippen molar-refractivity contribution < 1.29 is 69.1 Å². The minimum atomic E-state index is -4.57. The smallest absolute Gasteiger partial charge is 0.449 e. The van der Waals surface area contributed by atoms with Crippen molar-refractivity contribution in [2.75, 3.05) is 13.2 Å². The van der Waals surface area contributed by atoms with E-state index in [-0.39, 0.29) is 57.3 Å². The van der Waals surface area contributed by atoms with Gasteiger partial charge >= 0.3 is 58.4 Å². The van der Waals surface area contributed by atoms with Crippen molar-refractivity contribution in [3.63, 3.8) is 0 Å². The molecule has 0 bridgehead atoms. The molecule has 1 rings (SSSR count). The molecule has 10 heavy (non-hydrogen) atoms. The number of halogens is 3. The van der Waals surface area contributed by atoms with E-state index < -0.39 is 13.3 Å². The van der Waals surface area contributed by atoms with E-state index >= 15 is 0 Å². The number of hydrogen-bond acceptors (Lipinski definition) is 1. The van der Waals surface area contributed by atoms with Gasteiger partial charge in [0.05, 0.1) is 0 Å². The van der Waals surface area contributed by atoms with Crippen molar-refractivity contribution >= 4 is 6.98 Å². The third-order valence-electron chi connectivity index (χ3n) is 1.31. The Balaban J connectivity index is 0.000000810. The summed E-state index contributed by atoms with van der Waals surface area (Å²) in [6.45, 7) is -3.99. The first-order chi connectivity index (χ1) is 4.08. The molecule has 0 aromatic rings. The number of ether oxygens (including phenoxy) is 1. The van der Waals surface area contributed by atoms with Gasteiger partial charge in [-0.2, -0.15) is 0 Å². The quantitative estimate of drug-likeness (QED) is 0.467. The molecule has 0 aliphatic carbocycles. The van der Waals surface area contributed by atoms with Gasteiger partial charge in [0.15, 0.2) is 0 Å². The molecule has 54 valence electrons. The van der Waals surface area contributed by atoms with E-state index in [1.54, 1.807) is 0 Å². The minimum absolute atomic E-state index is 0. The summed E-state index contributed by atoms with van der Waals surface area (Å²) in [5, 5.41) is 0. The molecule has 1 fully saturated rings. The first-order valence-corrected chi connectivity index (χ1v) is 2.86. The summed E-state index contributed by atoms with van der Waals surface area (Å²) in [4.78, 5) is 0. The first-order valence-electron chi connectivity index (χ1n) is 2.86. The molecule has 0 amide bonds. The summed E-state index contributed by atoms with van der Waals surface area (Å²) in [5.74, 6) is -0.245. The van der Waals surface area contributed by atoms with Gasteiger partial charge < -0.3 is 17.7 Å². The maximum Gasteiger partial charge on any atom is 1.00 e. The molecule has 1 aliphatic rings. The zero-order valence-corrected chi connectivity index (χ0v) is 8.94. The van der Waals surface area contributed by atoms with E-state index in [1.165, 1.54) is 0 Å². The summed E-state index contributed by atoms with van der Waals surface area (Å²) in [7, 11) is 0. The standard InChI is InChI=1S/C4H7BF3O.K/c6-5(7,8)1-4-2-9-3-4;/h4H,1-3H2;/q-1;+1. The molecule has 0 saturated carbocycles. The Morgan fingerprint density at radius 1 is 1.30 bits per heavy atom. The molecule has 1 saturated heterocycles. The predicted octanol–water partition coefficient (Wildman–Crippen LogP) is -1.52. The Morgan fingerprint density at radius 2 is 1.80 bits per heavy atom. The van der Waals surface area contributed by atoms with Crippen molar-refractivity contribution in [3.8, 4) is 0 Å². The van der Waals surface area contributed by atoms with Gasteiger partial charge in [-0.3, -0.25) is 0 Å². The van der Waals surface area contributed by atoms with Gasteiger partial charge in [0, 0.05) is 13.2 Å². The van der Waals surface area contributed by atoms with Gasteiger partial charge in [0.1, 0.15) is 0 Å². The van der Waals surface area contributed by atoms with E-state index in [0.717, 1.165) is 0 Å². The maximum atomic E-state index is 11.5. The fourth-order valence-electron chi connectivity index (χ4n) is 0.799. The van der Waals surface area contributed by atoms with E-state index in [9.17, 15) is 12.9 Å². The fourth-order valence-corrected chi connectivity index (χ4v) is 0.799. The van der Waals surface area contributed by atoms with Crippen LogP contribution < -0.4 is 51.4 Å². The molecule has 1 nitrogen and oxygen atoms in total. The van der Waals surface area contributed by atoms with E-state index in [4.69, 9.17) is 0 Å². The van der Waals surface area contributed by atoms with Crippen LogP contribution in [0.4, 0.5) is 12.9 Å². The topological polar surface area (TPSA) is 9.23 Å². The SMILES string of the molecule is F[B-](F)(F)CC1COC1.[K+]. The molecule has 6 heteroatoms. The molecule has 1 heterocycles. The largest absolute Gasteiger partial charge is 1.00 e. The molecule has 0 radical (unpaired) electrons. The van der Waals surface area contributed by atoms with Crippen molar-refractivity contribution in [1.29, 1.82) is 0 Å². The zero-order chi connectivity index (χ0) is 6.91. The van der Waals surface area contributed by atoms with Crippen LogP contribution in [0.5, 0.6) is 0 Å². The molecule has 0 aromatic carbocycles. The van der Waals surface area contributed by atoms with Crippen LogP contribution in [0.25, 0.3) is 0 Å². The second-order valence-electron chi connectivity index (χ2n) is 2.35. The Kier molecular flexibility index (Phi) is 5.12. The molecule has 0 unspecified atom stereocenters. The van der Waals surface area contributed by atoms with Crippen molar-refractivity contribution in [2.24, 2.45) is 5.92 Å². The predicted molar refractivity (Wildman–Crippen MR) is 28.2 cm³/mol. The first kappa shape index (κ1) is 11.5. The van der Waals surface area contributed by atoms with Gasteiger partial charge in [-0.15, -0.1) is 0 Å². The van der Waals surface area contributed by atoms with Crippen LogP contribution in [0.1, 0.15) is 0 Å². The average molecular weight is 178 g/mol. The minimum Gasteiger partial charge on any atom is -0.449 e. The van der Waals surface area contributed by atoms with Gasteiger partial charge in [0.25, 0.3) is 0 Å². The Morgan fingerprint density at radius 3 is 1.90 bits per heavy atom. The van der Waals surface area contributed by atoms with Gasteiger partial charge in [0.2, 0.25) is 0 Å². The van der Waals surface area contributed by atoms with Crippen LogP contribution in [0.15, 0.2) is 0 Å². The van der Waals surface area contributed by atoms with Crippen LogP contribution in [0, 0.1) is 5.92 Å². The Hall–Kier alpha value is 1.45. The fraction of sp³-hybridized carbons (Fsp3) is 1.00. The van der Waals surface area contributed by atoms with Crippen molar-refractivity contribution in [2.45, 2.75) is 6.32 Å². The molecular weight excluding hydrogens is 171 g/mol. The third-order valence-corrected chi connectivity index (χ3v) is 1.31. The summed E-state index contributed by atoms with van der Waals surface area (Å²) in [6.07, 6.45) is -0.625.